The van der Waals surface area contributed by atoms with Crippen LogP contribution in [0, 0.1) is 28.6 Å². The van der Waals surface area contributed by atoms with Crippen LogP contribution in [0.5, 0.6) is 0 Å². The Kier molecular flexibility index (Phi) is 11.5. The average Bonchev–Trinajstić information content (AvgIpc) is 3.50. The van der Waals surface area contributed by atoms with E-state index in [-0.39, 0.29) is 35.9 Å². The topological polar surface area (TPSA) is 108 Å². The molecule has 0 aromatic carbocycles. The van der Waals surface area contributed by atoms with Crippen LogP contribution in [0.4, 0.5) is 4.79 Å². The lowest BCUT2D eigenvalue weighted by molar-refractivity contribution is -0.200. The molecule has 5 unspecified atom stereocenters. The van der Waals surface area contributed by atoms with E-state index in [4.69, 9.17) is 18.9 Å². The molecule has 0 bridgehead atoms. The smallest absolute Gasteiger partial charge is 0.434 e. The van der Waals surface area contributed by atoms with Crippen molar-refractivity contribution < 1.29 is 38.4 Å². The van der Waals surface area contributed by atoms with Gasteiger partial charge in [-0.25, -0.2) is 4.79 Å². The predicted molar refractivity (Wildman–Crippen MR) is 175 cm³/mol. The molecule has 5 rings (SSSR count). The minimum atomic E-state index is -1.31. The standard InChI is InChI=1S/C38H58O8/c1-5-7-8-9-10-11-12-13-14-15-21-43-35(42)44-25-31(41)38-32(45-33(46-38)16-6-2)23-29-28-18-17-26-22-27(39)19-20-36(26,3)34(28)30(40)24-37(29,38)4/h19-20,22,28-30,32-34,40H,5-18,21,23-25H2,1-4H3/t28?,29?,30?,32-,33?,34?,36+,37+,38-/m1/s1. The molecule has 1 N–H and O–H groups in total. The van der Waals surface area contributed by atoms with Gasteiger partial charge in [-0.15, -0.1) is 0 Å². The molecule has 8 nitrogen and oxygen atoms in total. The van der Waals surface area contributed by atoms with Gasteiger partial charge in [-0.3, -0.25) is 9.59 Å². The Morgan fingerprint density at radius 3 is 2.37 bits per heavy atom. The summed E-state index contributed by atoms with van der Waals surface area (Å²) in [7, 11) is 0. The van der Waals surface area contributed by atoms with Gasteiger partial charge in [0.25, 0.3) is 0 Å². The third-order valence-electron chi connectivity index (χ3n) is 12.3. The molecule has 0 radical (unpaired) electrons. The van der Waals surface area contributed by atoms with Gasteiger partial charge in [0.15, 0.2) is 24.3 Å². The largest absolute Gasteiger partial charge is 0.508 e. The van der Waals surface area contributed by atoms with Crippen molar-refractivity contribution in [3.63, 3.8) is 0 Å². The van der Waals surface area contributed by atoms with Crippen LogP contribution in [-0.4, -0.2) is 60.1 Å². The van der Waals surface area contributed by atoms with Gasteiger partial charge in [0.2, 0.25) is 5.78 Å². The first kappa shape index (κ1) is 35.3. The maximum Gasteiger partial charge on any atom is 0.508 e. The summed E-state index contributed by atoms with van der Waals surface area (Å²) in [4.78, 5) is 39.0. The van der Waals surface area contributed by atoms with Crippen molar-refractivity contribution in [2.24, 2.45) is 28.6 Å². The lowest BCUT2D eigenvalue weighted by Gasteiger charge is -2.59. The number of rotatable bonds is 16. The van der Waals surface area contributed by atoms with E-state index >= 15 is 0 Å². The van der Waals surface area contributed by atoms with E-state index in [2.05, 4.69) is 27.7 Å². The summed E-state index contributed by atoms with van der Waals surface area (Å²) in [5.74, 6) is -0.164. The zero-order valence-corrected chi connectivity index (χ0v) is 28.7. The highest BCUT2D eigenvalue weighted by Gasteiger charge is 2.75. The van der Waals surface area contributed by atoms with Gasteiger partial charge in [-0.1, -0.05) is 104 Å². The second-order valence-electron chi connectivity index (χ2n) is 15.1. The fraction of sp³-hybridized carbons (Fsp3) is 0.816. The molecule has 1 heterocycles. The minimum Gasteiger partial charge on any atom is -0.434 e. The maximum absolute atomic E-state index is 14.2. The number of ether oxygens (including phenoxy) is 4. The monoisotopic (exact) mass is 642 g/mol. The zero-order chi connectivity index (χ0) is 33.0. The zero-order valence-electron chi connectivity index (χ0n) is 28.7. The van der Waals surface area contributed by atoms with Crippen LogP contribution in [0.1, 0.15) is 130 Å². The van der Waals surface area contributed by atoms with Gasteiger partial charge in [-0.2, -0.15) is 0 Å². The number of allylic oxidation sites excluding steroid dienone is 4. The molecule has 0 spiro atoms. The van der Waals surface area contributed by atoms with E-state index in [0.717, 1.165) is 44.1 Å². The number of hydrogen-bond donors (Lipinski definition) is 1. The number of aliphatic hydroxyl groups is 1. The molecule has 1 aliphatic heterocycles. The molecule has 1 saturated heterocycles. The second kappa shape index (κ2) is 15.0. The SMILES string of the molecule is CCCCCCCCCCCCOC(=O)OCC(=O)[C@@]12OC(CCC)O[C@@H]1CC1C3CCC4=CC(=O)C=C[C@]4(C)C3C(O)C[C@@]12C. The fourth-order valence-electron chi connectivity index (χ4n) is 10.0. The Hall–Kier alpha value is -2.03. The Morgan fingerprint density at radius 1 is 0.978 bits per heavy atom. The summed E-state index contributed by atoms with van der Waals surface area (Å²) in [5, 5.41) is 11.9. The van der Waals surface area contributed by atoms with Crippen LogP contribution < -0.4 is 0 Å². The van der Waals surface area contributed by atoms with Crippen LogP contribution >= 0.6 is 0 Å². The van der Waals surface area contributed by atoms with Crippen molar-refractivity contribution in [2.45, 2.75) is 155 Å². The summed E-state index contributed by atoms with van der Waals surface area (Å²) < 4.78 is 23.8. The van der Waals surface area contributed by atoms with E-state index in [1.165, 1.54) is 44.9 Å². The molecular weight excluding hydrogens is 584 g/mol. The van der Waals surface area contributed by atoms with Crippen molar-refractivity contribution in [3.8, 4) is 0 Å². The number of ketones is 2. The van der Waals surface area contributed by atoms with Crippen molar-refractivity contribution in [3.05, 3.63) is 23.8 Å². The van der Waals surface area contributed by atoms with Crippen molar-refractivity contribution >= 4 is 17.7 Å². The van der Waals surface area contributed by atoms with E-state index < -0.39 is 47.7 Å². The summed E-state index contributed by atoms with van der Waals surface area (Å²) >= 11 is 0. The van der Waals surface area contributed by atoms with E-state index in [1.54, 1.807) is 12.2 Å². The molecular formula is C38H58O8. The number of aliphatic hydroxyl groups excluding tert-OH is 1. The van der Waals surface area contributed by atoms with E-state index in [0.29, 0.717) is 19.3 Å². The van der Waals surface area contributed by atoms with Crippen LogP contribution in [0.2, 0.25) is 0 Å². The first-order valence-electron chi connectivity index (χ1n) is 18.4. The molecule has 9 atom stereocenters. The summed E-state index contributed by atoms with van der Waals surface area (Å²) in [6.45, 7) is 8.33. The molecule has 0 amide bonds. The van der Waals surface area contributed by atoms with Crippen LogP contribution in [0.25, 0.3) is 0 Å². The maximum atomic E-state index is 14.2. The fourth-order valence-corrected chi connectivity index (χ4v) is 10.0. The van der Waals surface area contributed by atoms with Gasteiger partial charge in [0.05, 0.1) is 18.8 Å². The number of unbranched alkanes of at least 4 members (excludes halogenated alkanes) is 9. The highest BCUT2D eigenvalue weighted by molar-refractivity contribution is 6.01. The number of hydrogen-bond acceptors (Lipinski definition) is 8. The summed E-state index contributed by atoms with van der Waals surface area (Å²) in [6.07, 6.45) is 18.9. The normalized spacial score (nSPS) is 37.6. The first-order chi connectivity index (χ1) is 22.1. The molecule has 4 aliphatic carbocycles. The quantitative estimate of drug-likeness (QED) is 0.134. The molecule has 3 saturated carbocycles. The Bertz CT molecular complexity index is 1160. The molecule has 4 fully saturated rings. The number of Topliss-reactive ketones (excluding diaryl/α,β-unsaturated/α-hetero) is 1. The van der Waals surface area contributed by atoms with Gasteiger partial charge in [0.1, 0.15) is 0 Å². The second-order valence-corrected chi connectivity index (χ2v) is 15.1. The van der Waals surface area contributed by atoms with E-state index in [9.17, 15) is 19.5 Å². The number of carbonyl (C=O) groups excluding carboxylic acids is 3. The minimum absolute atomic E-state index is 0.00630. The van der Waals surface area contributed by atoms with Crippen molar-refractivity contribution in [1.29, 1.82) is 0 Å². The summed E-state index contributed by atoms with van der Waals surface area (Å²) in [6, 6.07) is 0. The van der Waals surface area contributed by atoms with E-state index in [1.807, 2.05) is 6.08 Å². The lowest BCUT2D eigenvalue weighted by atomic mass is 9.46. The van der Waals surface area contributed by atoms with Gasteiger partial charge < -0.3 is 24.1 Å². The average molecular weight is 643 g/mol. The Labute approximate surface area is 276 Å². The molecule has 8 heteroatoms. The number of carbonyl (C=O) groups is 3. The highest BCUT2D eigenvalue weighted by Crippen LogP contribution is 2.69. The molecule has 5 aliphatic rings. The van der Waals surface area contributed by atoms with Gasteiger partial charge >= 0.3 is 6.16 Å². The highest BCUT2D eigenvalue weighted by atomic mass is 16.7. The third-order valence-corrected chi connectivity index (χ3v) is 12.3. The first-order valence-corrected chi connectivity index (χ1v) is 18.4. The van der Waals surface area contributed by atoms with Gasteiger partial charge in [0, 0.05) is 16.7 Å². The van der Waals surface area contributed by atoms with Crippen molar-refractivity contribution in [2.75, 3.05) is 13.2 Å². The number of fused-ring (bicyclic) bond motifs is 7. The van der Waals surface area contributed by atoms with Crippen LogP contribution in [-0.2, 0) is 28.5 Å². The molecule has 46 heavy (non-hydrogen) atoms. The molecule has 0 aromatic heterocycles. The lowest BCUT2D eigenvalue weighted by Crippen LogP contribution is -2.63. The summed E-state index contributed by atoms with van der Waals surface area (Å²) in [5.41, 5.74) is -1.32. The third kappa shape index (κ3) is 6.64. The van der Waals surface area contributed by atoms with Gasteiger partial charge in [-0.05, 0) is 62.5 Å². The van der Waals surface area contributed by atoms with Crippen LogP contribution in [0.3, 0.4) is 0 Å². The Morgan fingerprint density at radius 2 is 1.67 bits per heavy atom. The van der Waals surface area contributed by atoms with Crippen molar-refractivity contribution in [1.82, 2.24) is 0 Å². The van der Waals surface area contributed by atoms with Crippen LogP contribution in [0.15, 0.2) is 23.8 Å². The predicted octanol–water partition coefficient (Wildman–Crippen LogP) is 7.80. The molecule has 258 valence electrons. The molecule has 0 aromatic rings. The Balaban J connectivity index is 1.19.